The van der Waals surface area contributed by atoms with Gasteiger partial charge in [-0.3, -0.25) is 9.78 Å². The smallest absolute Gasteiger partial charge is 0.220 e. The van der Waals surface area contributed by atoms with Crippen LogP contribution in [-0.4, -0.2) is 43.5 Å². The van der Waals surface area contributed by atoms with Crippen LogP contribution in [0.1, 0.15) is 23.7 Å². The number of likely N-dealkylation sites (N-methyl/N-ethyl adjacent to an activating group) is 1. The Balaban J connectivity index is 1.93. The number of ether oxygens (including phenoxy) is 1. The Hall–Kier alpha value is -2.40. The van der Waals surface area contributed by atoms with E-state index in [0.29, 0.717) is 19.4 Å². The molecule has 2 aromatic rings. The summed E-state index contributed by atoms with van der Waals surface area (Å²) in [5, 5.41) is 3.02. The molecule has 0 saturated carbocycles. The number of amides is 1. The van der Waals surface area contributed by atoms with Crippen LogP contribution in [0.3, 0.4) is 0 Å². The van der Waals surface area contributed by atoms with E-state index in [2.05, 4.69) is 15.2 Å². The fourth-order valence-electron chi connectivity index (χ4n) is 2.60. The van der Waals surface area contributed by atoms with E-state index >= 15 is 0 Å². The topological polar surface area (TPSA) is 54.5 Å². The van der Waals surface area contributed by atoms with Gasteiger partial charge in [-0.1, -0.05) is 24.3 Å². The molecule has 0 aliphatic heterocycles. The molecule has 5 nitrogen and oxygen atoms in total. The first kappa shape index (κ1) is 17.9. The van der Waals surface area contributed by atoms with Gasteiger partial charge in [-0.05, 0) is 38.7 Å². The van der Waals surface area contributed by atoms with Crippen LogP contribution < -0.4 is 10.1 Å². The SMILES string of the molecule is COc1ccccc1[C@@H](CNC(=O)CCc1ccccn1)N(C)C. The van der Waals surface area contributed by atoms with Crippen LogP contribution in [0.15, 0.2) is 48.7 Å². The highest BCUT2D eigenvalue weighted by Crippen LogP contribution is 2.27. The second-order valence-electron chi connectivity index (χ2n) is 5.85. The van der Waals surface area contributed by atoms with E-state index in [9.17, 15) is 4.79 Å². The number of aromatic nitrogens is 1. The lowest BCUT2D eigenvalue weighted by Gasteiger charge is -2.26. The number of carbonyl (C=O) groups excluding carboxylic acids is 1. The zero-order chi connectivity index (χ0) is 17.4. The van der Waals surface area contributed by atoms with E-state index in [1.54, 1.807) is 13.3 Å². The van der Waals surface area contributed by atoms with Gasteiger partial charge in [-0.2, -0.15) is 0 Å². The number of carbonyl (C=O) groups is 1. The number of para-hydroxylation sites is 1. The van der Waals surface area contributed by atoms with Crippen LogP contribution in [0.4, 0.5) is 0 Å². The van der Waals surface area contributed by atoms with Crippen molar-refractivity contribution in [3.8, 4) is 5.75 Å². The molecule has 1 heterocycles. The molecule has 1 aromatic carbocycles. The zero-order valence-electron chi connectivity index (χ0n) is 14.5. The van der Waals surface area contributed by atoms with Crippen LogP contribution in [0.5, 0.6) is 5.75 Å². The molecule has 0 aliphatic carbocycles. The van der Waals surface area contributed by atoms with E-state index in [0.717, 1.165) is 17.0 Å². The number of aryl methyl sites for hydroxylation is 1. The second kappa shape index (κ2) is 9.03. The summed E-state index contributed by atoms with van der Waals surface area (Å²) in [6.07, 6.45) is 2.83. The number of hydrogen-bond donors (Lipinski definition) is 1. The summed E-state index contributed by atoms with van der Waals surface area (Å²) in [5.74, 6) is 0.862. The largest absolute Gasteiger partial charge is 0.496 e. The summed E-state index contributed by atoms with van der Waals surface area (Å²) in [4.78, 5) is 18.5. The van der Waals surface area contributed by atoms with E-state index in [4.69, 9.17) is 4.74 Å². The maximum Gasteiger partial charge on any atom is 0.220 e. The van der Waals surface area contributed by atoms with Gasteiger partial charge in [-0.15, -0.1) is 0 Å². The van der Waals surface area contributed by atoms with Crippen molar-refractivity contribution in [2.45, 2.75) is 18.9 Å². The van der Waals surface area contributed by atoms with E-state index in [1.165, 1.54) is 0 Å². The van der Waals surface area contributed by atoms with Crippen LogP contribution in [0, 0.1) is 0 Å². The molecule has 1 amide bonds. The Kier molecular flexibility index (Phi) is 6.75. The van der Waals surface area contributed by atoms with Gasteiger partial charge >= 0.3 is 0 Å². The number of nitrogens with zero attached hydrogens (tertiary/aromatic N) is 2. The zero-order valence-corrected chi connectivity index (χ0v) is 14.5. The summed E-state index contributed by atoms with van der Waals surface area (Å²) in [6.45, 7) is 0.536. The van der Waals surface area contributed by atoms with Gasteiger partial charge in [0.15, 0.2) is 0 Å². The highest BCUT2D eigenvalue weighted by Gasteiger charge is 2.18. The number of nitrogens with one attached hydrogen (secondary N) is 1. The van der Waals surface area contributed by atoms with Crippen LogP contribution in [0.2, 0.25) is 0 Å². The number of methoxy groups -OCH3 is 1. The van der Waals surface area contributed by atoms with Crippen molar-refractivity contribution < 1.29 is 9.53 Å². The second-order valence-corrected chi connectivity index (χ2v) is 5.85. The molecule has 0 radical (unpaired) electrons. The first-order valence-corrected chi connectivity index (χ1v) is 8.07. The average Bonchev–Trinajstić information content (AvgIpc) is 2.61. The van der Waals surface area contributed by atoms with Gasteiger partial charge in [0.25, 0.3) is 0 Å². The van der Waals surface area contributed by atoms with Crippen molar-refractivity contribution in [1.82, 2.24) is 15.2 Å². The average molecular weight is 327 g/mol. The summed E-state index contributed by atoms with van der Waals surface area (Å²) in [5.41, 5.74) is 2.00. The molecule has 0 bridgehead atoms. The minimum Gasteiger partial charge on any atom is -0.496 e. The number of benzene rings is 1. The molecule has 2 rings (SSSR count). The molecule has 0 fully saturated rings. The Morgan fingerprint density at radius 2 is 1.96 bits per heavy atom. The highest BCUT2D eigenvalue weighted by atomic mass is 16.5. The van der Waals surface area contributed by atoms with Gasteiger partial charge in [0.2, 0.25) is 5.91 Å². The van der Waals surface area contributed by atoms with Crippen LogP contribution in [0.25, 0.3) is 0 Å². The Morgan fingerprint density at radius 1 is 1.21 bits per heavy atom. The van der Waals surface area contributed by atoms with E-state index < -0.39 is 0 Å². The highest BCUT2D eigenvalue weighted by molar-refractivity contribution is 5.76. The molecular weight excluding hydrogens is 302 g/mol. The van der Waals surface area contributed by atoms with Crippen LogP contribution in [-0.2, 0) is 11.2 Å². The van der Waals surface area contributed by atoms with Gasteiger partial charge in [0.1, 0.15) is 5.75 Å². The molecule has 0 spiro atoms. The van der Waals surface area contributed by atoms with Gasteiger partial charge in [0, 0.05) is 30.4 Å². The van der Waals surface area contributed by atoms with Gasteiger partial charge < -0.3 is 15.0 Å². The molecule has 1 aromatic heterocycles. The number of pyridine rings is 1. The van der Waals surface area contributed by atoms with Crippen molar-refractivity contribution in [3.05, 3.63) is 59.9 Å². The maximum absolute atomic E-state index is 12.1. The minimum atomic E-state index is 0.0300. The van der Waals surface area contributed by atoms with Crippen molar-refractivity contribution in [2.24, 2.45) is 0 Å². The monoisotopic (exact) mass is 327 g/mol. The normalized spacial score (nSPS) is 12.0. The van der Waals surface area contributed by atoms with Crippen molar-refractivity contribution in [3.63, 3.8) is 0 Å². The quantitative estimate of drug-likeness (QED) is 0.809. The minimum absolute atomic E-state index is 0.0300. The predicted octanol–water partition coefficient (Wildman–Crippen LogP) is 2.44. The third-order valence-corrected chi connectivity index (χ3v) is 3.95. The maximum atomic E-state index is 12.1. The summed E-state index contributed by atoms with van der Waals surface area (Å²) < 4.78 is 5.44. The molecule has 5 heteroatoms. The van der Waals surface area contributed by atoms with Gasteiger partial charge in [0.05, 0.1) is 13.2 Å². The summed E-state index contributed by atoms with van der Waals surface area (Å²) >= 11 is 0. The third kappa shape index (κ3) is 5.06. The Morgan fingerprint density at radius 3 is 2.62 bits per heavy atom. The predicted molar refractivity (Wildman–Crippen MR) is 95.0 cm³/mol. The molecule has 128 valence electrons. The molecule has 0 saturated heterocycles. The summed E-state index contributed by atoms with van der Waals surface area (Å²) in [6, 6.07) is 13.7. The number of rotatable bonds is 8. The fraction of sp³-hybridized carbons (Fsp3) is 0.368. The molecule has 0 unspecified atom stereocenters. The van der Waals surface area contributed by atoms with Crippen LogP contribution >= 0.6 is 0 Å². The van der Waals surface area contributed by atoms with Crippen molar-refractivity contribution in [2.75, 3.05) is 27.7 Å². The lowest BCUT2D eigenvalue weighted by molar-refractivity contribution is -0.121. The lowest BCUT2D eigenvalue weighted by atomic mass is 10.0. The molecule has 1 N–H and O–H groups in total. The van der Waals surface area contributed by atoms with Gasteiger partial charge in [-0.25, -0.2) is 0 Å². The molecular formula is C19H25N3O2. The first-order chi connectivity index (χ1) is 11.6. The van der Waals surface area contributed by atoms with Crippen molar-refractivity contribution in [1.29, 1.82) is 0 Å². The fourth-order valence-corrected chi connectivity index (χ4v) is 2.60. The third-order valence-electron chi connectivity index (χ3n) is 3.95. The molecule has 24 heavy (non-hydrogen) atoms. The standard InChI is InChI=1S/C19H25N3O2/c1-22(2)17(16-9-4-5-10-18(16)24-3)14-21-19(23)12-11-15-8-6-7-13-20-15/h4-10,13,17H,11-12,14H2,1-3H3,(H,21,23)/t17-/m1/s1. The van der Waals surface area contributed by atoms with Crippen molar-refractivity contribution >= 4 is 5.91 Å². The molecule has 0 aliphatic rings. The first-order valence-electron chi connectivity index (χ1n) is 8.07. The van der Waals surface area contributed by atoms with E-state index in [-0.39, 0.29) is 11.9 Å². The van der Waals surface area contributed by atoms with E-state index in [1.807, 2.05) is 56.6 Å². The lowest BCUT2D eigenvalue weighted by Crippen LogP contribution is -2.34. The summed E-state index contributed by atoms with van der Waals surface area (Å²) in [7, 11) is 5.66. The Labute approximate surface area is 143 Å². The number of hydrogen-bond acceptors (Lipinski definition) is 4. The molecule has 1 atom stereocenters. The Bertz CT molecular complexity index is 644.